The van der Waals surface area contributed by atoms with Crippen LogP contribution in [0.2, 0.25) is 5.02 Å². The normalized spacial score (nSPS) is 17.1. The zero-order chi connectivity index (χ0) is 13.2. The Bertz CT molecular complexity index is 413. The molecular formula is C13H22ClN3O. The summed E-state index contributed by atoms with van der Waals surface area (Å²) in [7, 11) is 0. The van der Waals surface area contributed by atoms with E-state index in [1.807, 2.05) is 4.68 Å². The van der Waals surface area contributed by atoms with Crippen LogP contribution >= 0.6 is 11.6 Å². The van der Waals surface area contributed by atoms with Crippen molar-refractivity contribution in [2.45, 2.75) is 46.2 Å². The second-order valence-electron chi connectivity index (χ2n) is 5.14. The van der Waals surface area contributed by atoms with Crippen LogP contribution in [0.25, 0.3) is 0 Å². The summed E-state index contributed by atoms with van der Waals surface area (Å²) in [5.74, 6) is 0. The van der Waals surface area contributed by atoms with E-state index in [9.17, 15) is 5.11 Å². The van der Waals surface area contributed by atoms with Crippen molar-refractivity contribution in [2.24, 2.45) is 5.41 Å². The maximum absolute atomic E-state index is 9.27. The van der Waals surface area contributed by atoms with Crippen molar-refractivity contribution in [3.63, 3.8) is 0 Å². The lowest BCUT2D eigenvalue weighted by Gasteiger charge is -2.13. The Hall–Kier alpha value is -0.580. The van der Waals surface area contributed by atoms with Crippen molar-refractivity contribution >= 4 is 11.6 Å². The standard InChI is InChI=1S/C13H22ClN3O/c1-3-10-12(14)11(17(4-2)16-10)7-15-8-13(9-18)5-6-13/h15,18H,3-9H2,1-2H3. The fraction of sp³-hybridized carbons (Fsp3) is 0.769. The molecule has 0 saturated heterocycles. The van der Waals surface area contributed by atoms with Gasteiger partial charge >= 0.3 is 0 Å². The molecule has 2 N–H and O–H groups in total. The van der Waals surface area contributed by atoms with Crippen LogP contribution in [0, 0.1) is 5.41 Å². The summed E-state index contributed by atoms with van der Waals surface area (Å²) in [5, 5.41) is 18.0. The highest BCUT2D eigenvalue weighted by Crippen LogP contribution is 2.44. The van der Waals surface area contributed by atoms with Gasteiger partial charge in [0.2, 0.25) is 0 Å². The van der Waals surface area contributed by atoms with Crippen molar-refractivity contribution in [3.8, 4) is 0 Å². The smallest absolute Gasteiger partial charge is 0.0863 e. The highest BCUT2D eigenvalue weighted by atomic mass is 35.5. The number of aliphatic hydroxyl groups is 1. The van der Waals surface area contributed by atoms with Crippen molar-refractivity contribution in [3.05, 3.63) is 16.4 Å². The Balaban J connectivity index is 1.97. The van der Waals surface area contributed by atoms with Gasteiger partial charge in [0.25, 0.3) is 0 Å². The minimum atomic E-state index is 0.136. The van der Waals surface area contributed by atoms with Crippen molar-refractivity contribution < 1.29 is 5.11 Å². The molecule has 18 heavy (non-hydrogen) atoms. The fourth-order valence-corrected chi connectivity index (χ4v) is 2.54. The first-order valence-corrected chi connectivity index (χ1v) is 7.09. The number of nitrogens with zero attached hydrogens (tertiary/aromatic N) is 2. The highest BCUT2D eigenvalue weighted by molar-refractivity contribution is 6.31. The van der Waals surface area contributed by atoms with Crippen molar-refractivity contribution in [1.82, 2.24) is 15.1 Å². The summed E-state index contributed by atoms with van der Waals surface area (Å²) in [4.78, 5) is 0. The Morgan fingerprint density at radius 3 is 2.67 bits per heavy atom. The molecule has 0 bridgehead atoms. The molecule has 1 saturated carbocycles. The van der Waals surface area contributed by atoms with Gasteiger partial charge in [-0.25, -0.2) is 0 Å². The molecule has 0 atom stereocenters. The van der Waals surface area contributed by atoms with E-state index in [1.165, 1.54) is 0 Å². The average Bonchev–Trinajstić information content (AvgIpc) is 3.10. The minimum Gasteiger partial charge on any atom is -0.396 e. The van der Waals surface area contributed by atoms with Gasteiger partial charge in [0.05, 0.1) is 16.4 Å². The van der Waals surface area contributed by atoms with Gasteiger partial charge in [-0.1, -0.05) is 18.5 Å². The van der Waals surface area contributed by atoms with Crippen LogP contribution in [0.1, 0.15) is 38.1 Å². The largest absolute Gasteiger partial charge is 0.396 e. The van der Waals surface area contributed by atoms with Crippen molar-refractivity contribution in [2.75, 3.05) is 13.2 Å². The van der Waals surface area contributed by atoms with Gasteiger partial charge in [-0.15, -0.1) is 0 Å². The molecule has 1 fully saturated rings. The summed E-state index contributed by atoms with van der Waals surface area (Å²) in [6.07, 6.45) is 3.11. The fourth-order valence-electron chi connectivity index (χ4n) is 2.20. The second-order valence-corrected chi connectivity index (χ2v) is 5.52. The number of aliphatic hydroxyl groups excluding tert-OH is 1. The van der Waals surface area contributed by atoms with Crippen LogP contribution in [0.5, 0.6) is 0 Å². The Morgan fingerprint density at radius 2 is 2.17 bits per heavy atom. The van der Waals surface area contributed by atoms with Gasteiger partial charge in [0.15, 0.2) is 0 Å². The maximum Gasteiger partial charge on any atom is 0.0863 e. The topological polar surface area (TPSA) is 50.1 Å². The lowest BCUT2D eigenvalue weighted by Crippen LogP contribution is -2.27. The van der Waals surface area contributed by atoms with Gasteiger partial charge in [-0.3, -0.25) is 4.68 Å². The number of aromatic nitrogens is 2. The zero-order valence-corrected chi connectivity index (χ0v) is 11.9. The molecule has 1 aromatic rings. The third-order valence-corrected chi connectivity index (χ3v) is 4.22. The second kappa shape index (κ2) is 5.59. The first-order valence-electron chi connectivity index (χ1n) is 6.71. The van der Waals surface area contributed by atoms with Crippen molar-refractivity contribution in [1.29, 1.82) is 0 Å². The Kier molecular flexibility index (Phi) is 4.30. The average molecular weight is 272 g/mol. The molecule has 4 nitrogen and oxygen atoms in total. The van der Waals surface area contributed by atoms with E-state index in [4.69, 9.17) is 11.6 Å². The van der Waals surface area contributed by atoms with Crippen LogP contribution in [-0.4, -0.2) is 28.0 Å². The van der Waals surface area contributed by atoms with E-state index in [0.717, 1.165) is 55.3 Å². The molecular weight excluding hydrogens is 250 g/mol. The van der Waals surface area contributed by atoms with Crippen LogP contribution < -0.4 is 5.32 Å². The van der Waals surface area contributed by atoms with Gasteiger partial charge < -0.3 is 10.4 Å². The lowest BCUT2D eigenvalue weighted by molar-refractivity contribution is 0.207. The van der Waals surface area contributed by atoms with Crippen LogP contribution in [0.15, 0.2) is 0 Å². The third kappa shape index (κ3) is 2.71. The van der Waals surface area contributed by atoms with Crippen LogP contribution in [0.3, 0.4) is 0 Å². The minimum absolute atomic E-state index is 0.136. The van der Waals surface area contributed by atoms with Gasteiger partial charge in [0.1, 0.15) is 0 Å². The molecule has 0 radical (unpaired) electrons. The van der Waals surface area contributed by atoms with Gasteiger partial charge in [0, 0.05) is 31.7 Å². The molecule has 2 rings (SSSR count). The molecule has 1 aliphatic rings. The van der Waals surface area contributed by atoms with Crippen LogP contribution in [0.4, 0.5) is 0 Å². The number of hydrogen-bond donors (Lipinski definition) is 2. The quantitative estimate of drug-likeness (QED) is 0.797. The van der Waals surface area contributed by atoms with E-state index in [0.29, 0.717) is 0 Å². The van der Waals surface area contributed by atoms with Gasteiger partial charge in [-0.05, 0) is 26.2 Å². The summed E-state index contributed by atoms with van der Waals surface area (Å²) in [5.41, 5.74) is 2.17. The highest BCUT2D eigenvalue weighted by Gasteiger charge is 2.41. The summed E-state index contributed by atoms with van der Waals surface area (Å²) >= 11 is 6.34. The molecule has 1 aromatic heterocycles. The molecule has 1 aliphatic carbocycles. The summed E-state index contributed by atoms with van der Waals surface area (Å²) in [6.45, 7) is 6.83. The predicted molar refractivity (Wildman–Crippen MR) is 72.7 cm³/mol. The SMILES string of the molecule is CCc1nn(CC)c(CNCC2(CO)CC2)c1Cl. The summed E-state index contributed by atoms with van der Waals surface area (Å²) < 4.78 is 1.96. The number of rotatable bonds is 7. The molecule has 0 aliphatic heterocycles. The first-order chi connectivity index (χ1) is 8.65. The Morgan fingerprint density at radius 1 is 1.44 bits per heavy atom. The molecule has 0 aromatic carbocycles. The van der Waals surface area contributed by atoms with E-state index in [-0.39, 0.29) is 12.0 Å². The van der Waals surface area contributed by atoms with Gasteiger partial charge in [-0.2, -0.15) is 5.10 Å². The molecule has 0 amide bonds. The van der Waals surface area contributed by atoms with E-state index in [1.54, 1.807) is 0 Å². The number of halogens is 1. The van der Waals surface area contributed by atoms with Crippen LogP contribution in [-0.2, 0) is 19.5 Å². The van der Waals surface area contributed by atoms with E-state index >= 15 is 0 Å². The lowest BCUT2D eigenvalue weighted by atomic mass is 10.1. The molecule has 0 spiro atoms. The first kappa shape index (κ1) is 13.8. The molecule has 102 valence electrons. The molecule has 1 heterocycles. The van der Waals surface area contributed by atoms with E-state index < -0.39 is 0 Å². The monoisotopic (exact) mass is 271 g/mol. The number of nitrogens with one attached hydrogen (secondary N) is 1. The predicted octanol–water partition coefficient (Wildman–Crippen LogP) is 1.98. The van der Waals surface area contributed by atoms with E-state index in [2.05, 4.69) is 24.3 Å². The Labute approximate surface area is 113 Å². The number of aryl methyl sites for hydroxylation is 2. The maximum atomic E-state index is 9.27. The number of hydrogen-bond acceptors (Lipinski definition) is 3. The molecule has 0 unspecified atom stereocenters. The third-order valence-electron chi connectivity index (χ3n) is 3.78. The summed E-state index contributed by atoms with van der Waals surface area (Å²) in [6, 6.07) is 0. The zero-order valence-electron chi connectivity index (χ0n) is 11.2. The molecule has 5 heteroatoms.